The van der Waals surface area contributed by atoms with Crippen molar-refractivity contribution in [3.05, 3.63) is 46.4 Å². The molecule has 0 saturated heterocycles. The number of hydrogen-bond acceptors (Lipinski definition) is 1. The Hall–Kier alpha value is -0.561. The normalized spacial score (nSPS) is 11.7. The summed E-state index contributed by atoms with van der Waals surface area (Å²) in [6, 6.07) is 10.6. The predicted molar refractivity (Wildman–Crippen MR) is 66.3 cm³/mol. The molecule has 0 spiro atoms. The zero-order valence-electron chi connectivity index (χ0n) is 9.40. The van der Waals surface area contributed by atoms with Crippen LogP contribution in [0.25, 0.3) is 0 Å². The maximum atomic E-state index is 5.09. The molecule has 0 fully saturated rings. The van der Waals surface area contributed by atoms with Crippen LogP contribution < -0.4 is 0 Å². The van der Waals surface area contributed by atoms with Crippen LogP contribution >= 0.6 is 0 Å². The van der Waals surface area contributed by atoms with E-state index in [4.69, 9.17) is 4.74 Å². The summed E-state index contributed by atoms with van der Waals surface area (Å²) < 4.78 is 6.63. The summed E-state index contributed by atoms with van der Waals surface area (Å²) in [6.45, 7) is 2.98. The maximum absolute atomic E-state index is 5.09. The first-order valence-corrected chi connectivity index (χ1v) is 7.28. The molecule has 2 heteroatoms. The molecule has 0 N–H and O–H groups in total. The van der Waals surface area contributed by atoms with E-state index in [0.717, 1.165) is 13.0 Å². The van der Waals surface area contributed by atoms with Gasteiger partial charge in [0.15, 0.2) is 0 Å². The predicted octanol–water partition coefficient (Wildman–Crippen LogP) is 2.90. The van der Waals surface area contributed by atoms with Gasteiger partial charge in [-0.3, -0.25) is 0 Å². The molecule has 1 rings (SSSR count). The van der Waals surface area contributed by atoms with Gasteiger partial charge in [-0.15, -0.1) is 0 Å². The summed E-state index contributed by atoms with van der Waals surface area (Å²) in [5, 5.41) is 1.26. The van der Waals surface area contributed by atoms with E-state index < -0.39 is 0 Å². The minimum atomic E-state index is 0.619. The standard InChI is InChI=1S/C13H18OSe/c1-3-15-13(9-10-14-2)11-12-7-5-4-6-8-12/h4-9H,3,10-11H2,1-2H3/b13-9-. The van der Waals surface area contributed by atoms with Gasteiger partial charge < -0.3 is 0 Å². The molecule has 15 heavy (non-hydrogen) atoms. The van der Waals surface area contributed by atoms with Gasteiger partial charge in [0, 0.05) is 0 Å². The Morgan fingerprint density at radius 3 is 2.67 bits per heavy atom. The first-order chi connectivity index (χ1) is 7.36. The van der Waals surface area contributed by atoms with Gasteiger partial charge in [-0.25, -0.2) is 0 Å². The average molecular weight is 269 g/mol. The van der Waals surface area contributed by atoms with Crippen LogP contribution in [0, 0.1) is 0 Å². The van der Waals surface area contributed by atoms with Crippen LogP contribution in [-0.4, -0.2) is 28.7 Å². The first-order valence-electron chi connectivity index (χ1n) is 5.21. The number of allylic oxidation sites excluding steroid dienone is 1. The molecule has 0 radical (unpaired) electrons. The molecule has 0 aliphatic heterocycles. The molecule has 1 nitrogen and oxygen atoms in total. The fraction of sp³-hybridized carbons (Fsp3) is 0.385. The number of benzene rings is 1. The fourth-order valence-electron chi connectivity index (χ4n) is 1.34. The minimum absolute atomic E-state index is 0.619. The van der Waals surface area contributed by atoms with E-state index in [1.165, 1.54) is 15.4 Å². The molecule has 1 aromatic rings. The summed E-state index contributed by atoms with van der Waals surface area (Å²) in [5.74, 6) is 0. The van der Waals surface area contributed by atoms with Crippen molar-refractivity contribution in [2.45, 2.75) is 18.7 Å². The van der Waals surface area contributed by atoms with Crippen molar-refractivity contribution >= 4 is 15.0 Å². The Labute approximate surface area is 98.7 Å². The molecule has 0 atom stereocenters. The molecule has 0 aliphatic rings. The van der Waals surface area contributed by atoms with E-state index in [-0.39, 0.29) is 0 Å². The van der Waals surface area contributed by atoms with Crippen LogP contribution in [0.5, 0.6) is 0 Å². The van der Waals surface area contributed by atoms with Crippen LogP contribution in [0.1, 0.15) is 12.5 Å². The third-order valence-electron chi connectivity index (χ3n) is 2.03. The second-order valence-corrected chi connectivity index (χ2v) is 6.14. The van der Waals surface area contributed by atoms with Crippen molar-refractivity contribution in [2.24, 2.45) is 0 Å². The van der Waals surface area contributed by atoms with Crippen molar-refractivity contribution in [3.63, 3.8) is 0 Å². The molecule has 1 aromatic carbocycles. The summed E-state index contributed by atoms with van der Waals surface area (Å²) in [7, 11) is 1.75. The third kappa shape index (κ3) is 5.17. The molecule has 0 amide bonds. The Bertz CT molecular complexity index is 293. The van der Waals surface area contributed by atoms with E-state index in [9.17, 15) is 0 Å². The Morgan fingerprint density at radius 1 is 1.33 bits per heavy atom. The van der Waals surface area contributed by atoms with Crippen molar-refractivity contribution < 1.29 is 4.74 Å². The zero-order valence-corrected chi connectivity index (χ0v) is 11.1. The topological polar surface area (TPSA) is 9.23 Å². The number of ether oxygens (including phenoxy) is 1. The van der Waals surface area contributed by atoms with Gasteiger partial charge in [0.05, 0.1) is 0 Å². The second-order valence-electron chi connectivity index (χ2n) is 3.22. The molecule has 0 aliphatic carbocycles. The molecule has 0 heterocycles. The third-order valence-corrected chi connectivity index (χ3v) is 4.06. The van der Waals surface area contributed by atoms with Gasteiger partial charge in [-0.05, 0) is 0 Å². The van der Waals surface area contributed by atoms with Crippen LogP contribution in [0.15, 0.2) is 40.9 Å². The first kappa shape index (κ1) is 12.5. The molecular weight excluding hydrogens is 251 g/mol. The molecular formula is C13H18OSe. The molecule has 0 aromatic heterocycles. The Kier molecular flexibility index (Phi) is 6.42. The Balaban J connectivity index is 2.58. The number of rotatable bonds is 6. The monoisotopic (exact) mass is 270 g/mol. The molecule has 82 valence electrons. The summed E-state index contributed by atoms with van der Waals surface area (Å²) in [6.07, 6.45) is 3.31. The second kappa shape index (κ2) is 7.70. The van der Waals surface area contributed by atoms with Crippen molar-refractivity contribution in [1.29, 1.82) is 0 Å². The molecule has 0 saturated carbocycles. The van der Waals surface area contributed by atoms with Gasteiger partial charge in [0.2, 0.25) is 0 Å². The van der Waals surface area contributed by atoms with Crippen molar-refractivity contribution in [1.82, 2.24) is 0 Å². The molecule has 0 bridgehead atoms. The number of methoxy groups -OCH3 is 1. The molecule has 0 unspecified atom stereocenters. The number of hydrogen-bond donors (Lipinski definition) is 0. The van der Waals surface area contributed by atoms with Crippen LogP contribution in [0.2, 0.25) is 5.32 Å². The Morgan fingerprint density at radius 2 is 2.07 bits per heavy atom. The van der Waals surface area contributed by atoms with Gasteiger partial charge in [-0.1, -0.05) is 0 Å². The van der Waals surface area contributed by atoms with Crippen LogP contribution in [0.4, 0.5) is 0 Å². The van der Waals surface area contributed by atoms with Crippen molar-refractivity contribution in [3.8, 4) is 0 Å². The quantitative estimate of drug-likeness (QED) is 0.721. The van der Waals surface area contributed by atoms with Gasteiger partial charge in [0.1, 0.15) is 0 Å². The van der Waals surface area contributed by atoms with E-state index in [1.54, 1.807) is 7.11 Å². The van der Waals surface area contributed by atoms with E-state index in [1.807, 2.05) is 0 Å². The summed E-state index contributed by atoms with van der Waals surface area (Å²) in [5.41, 5.74) is 1.40. The van der Waals surface area contributed by atoms with Gasteiger partial charge in [0.25, 0.3) is 0 Å². The van der Waals surface area contributed by atoms with Crippen molar-refractivity contribution in [2.75, 3.05) is 13.7 Å². The SMILES string of the molecule is CC[Se]/C(=C\COC)Cc1ccccc1. The zero-order chi connectivity index (χ0) is 10.9. The van der Waals surface area contributed by atoms with E-state index in [0.29, 0.717) is 15.0 Å². The van der Waals surface area contributed by atoms with E-state index in [2.05, 4.69) is 43.3 Å². The van der Waals surface area contributed by atoms with Crippen LogP contribution in [0.3, 0.4) is 0 Å². The fourth-order valence-corrected chi connectivity index (χ4v) is 3.07. The van der Waals surface area contributed by atoms with E-state index >= 15 is 0 Å². The van der Waals surface area contributed by atoms with Gasteiger partial charge >= 0.3 is 98.5 Å². The van der Waals surface area contributed by atoms with Gasteiger partial charge in [-0.2, -0.15) is 0 Å². The summed E-state index contributed by atoms with van der Waals surface area (Å²) in [4.78, 5) is 0. The van der Waals surface area contributed by atoms with Crippen LogP contribution in [-0.2, 0) is 11.2 Å². The summed E-state index contributed by atoms with van der Waals surface area (Å²) >= 11 is 0.619. The average Bonchev–Trinajstić information content (AvgIpc) is 2.28.